The number of rotatable bonds is 8. The maximum atomic E-state index is 12.3. The average Bonchev–Trinajstić information content (AvgIpc) is 2.61. The Morgan fingerprint density at radius 1 is 1.24 bits per heavy atom. The van der Waals surface area contributed by atoms with Crippen molar-refractivity contribution >= 4 is 6.09 Å². The molecular weight excluding hydrogens is 316 g/mol. The van der Waals surface area contributed by atoms with Crippen molar-refractivity contribution < 1.29 is 14.3 Å². The molecule has 1 amide bonds. The first-order valence-corrected chi connectivity index (χ1v) is 9.58. The molecule has 2 rings (SSSR count). The van der Waals surface area contributed by atoms with E-state index in [0.29, 0.717) is 19.8 Å². The second kappa shape index (κ2) is 9.66. The molecule has 5 nitrogen and oxygen atoms in total. The molecular formula is C20H32N2O3. The molecule has 1 aliphatic rings. The Balaban J connectivity index is 2.32. The number of amides is 1. The minimum absolute atomic E-state index is 0.0552. The largest absolute Gasteiger partial charge is 0.494 e. The molecule has 25 heavy (non-hydrogen) atoms. The fourth-order valence-corrected chi connectivity index (χ4v) is 3.48. The molecule has 1 N–H and O–H groups in total. The summed E-state index contributed by atoms with van der Waals surface area (Å²) in [7, 11) is 0. The van der Waals surface area contributed by atoms with Gasteiger partial charge in [0.2, 0.25) is 0 Å². The molecule has 1 aromatic carbocycles. The lowest BCUT2D eigenvalue weighted by Crippen LogP contribution is -2.40. The molecule has 1 aliphatic heterocycles. The summed E-state index contributed by atoms with van der Waals surface area (Å²) in [6, 6.07) is 4.45. The van der Waals surface area contributed by atoms with Gasteiger partial charge in [-0.25, -0.2) is 4.79 Å². The van der Waals surface area contributed by atoms with E-state index in [2.05, 4.69) is 31.3 Å². The van der Waals surface area contributed by atoms with Crippen LogP contribution in [0.5, 0.6) is 5.75 Å². The van der Waals surface area contributed by atoms with Crippen molar-refractivity contribution in [2.45, 2.75) is 59.5 Å². The summed E-state index contributed by atoms with van der Waals surface area (Å²) < 4.78 is 11.1. The van der Waals surface area contributed by atoms with Crippen LogP contribution in [0, 0.1) is 0 Å². The third-order valence-corrected chi connectivity index (χ3v) is 4.61. The Kier molecular flexibility index (Phi) is 7.56. The molecule has 140 valence electrons. The number of carbonyl (C=O) groups is 1. The zero-order valence-corrected chi connectivity index (χ0v) is 16.1. The van der Waals surface area contributed by atoms with E-state index >= 15 is 0 Å². The van der Waals surface area contributed by atoms with Gasteiger partial charge in [-0.3, -0.25) is 0 Å². The highest BCUT2D eigenvalue weighted by Gasteiger charge is 2.31. The van der Waals surface area contributed by atoms with Crippen LogP contribution in [0.3, 0.4) is 0 Å². The Hall–Kier alpha value is -1.75. The molecule has 1 unspecified atom stereocenters. The summed E-state index contributed by atoms with van der Waals surface area (Å²) in [5.41, 5.74) is 3.72. The molecule has 0 saturated heterocycles. The molecule has 0 fully saturated rings. The van der Waals surface area contributed by atoms with Gasteiger partial charge in [0, 0.05) is 18.7 Å². The Morgan fingerprint density at radius 3 is 2.68 bits per heavy atom. The topological polar surface area (TPSA) is 50.8 Å². The number of nitrogens with one attached hydrogen (secondary N) is 1. The number of hydrogen-bond acceptors (Lipinski definition) is 4. The molecule has 5 heteroatoms. The van der Waals surface area contributed by atoms with Gasteiger partial charge in [-0.1, -0.05) is 19.9 Å². The van der Waals surface area contributed by atoms with Crippen LogP contribution in [-0.2, 0) is 17.7 Å². The van der Waals surface area contributed by atoms with Gasteiger partial charge in [-0.15, -0.1) is 0 Å². The van der Waals surface area contributed by atoms with Gasteiger partial charge in [0.25, 0.3) is 0 Å². The van der Waals surface area contributed by atoms with E-state index < -0.39 is 0 Å². The molecule has 1 heterocycles. The van der Waals surface area contributed by atoms with Gasteiger partial charge in [0.1, 0.15) is 5.75 Å². The van der Waals surface area contributed by atoms with E-state index in [-0.39, 0.29) is 12.1 Å². The number of fused-ring (bicyclic) bond motifs is 1. The van der Waals surface area contributed by atoms with Crippen LogP contribution < -0.4 is 10.1 Å². The van der Waals surface area contributed by atoms with E-state index in [9.17, 15) is 4.79 Å². The lowest BCUT2D eigenvalue weighted by Gasteiger charge is -2.36. The number of benzene rings is 1. The zero-order chi connectivity index (χ0) is 18.2. The van der Waals surface area contributed by atoms with Crippen LogP contribution in [-0.4, -0.2) is 37.3 Å². The summed E-state index contributed by atoms with van der Waals surface area (Å²) in [6.07, 6.45) is 2.62. The van der Waals surface area contributed by atoms with Gasteiger partial charge >= 0.3 is 6.09 Å². The predicted octanol–water partition coefficient (Wildman–Crippen LogP) is 4.05. The summed E-state index contributed by atoms with van der Waals surface area (Å²) in [6.45, 7) is 11.7. The fraction of sp³-hybridized carbons (Fsp3) is 0.650. The maximum absolute atomic E-state index is 12.3. The molecule has 1 aromatic rings. The third kappa shape index (κ3) is 4.66. The van der Waals surface area contributed by atoms with Crippen molar-refractivity contribution in [3.8, 4) is 5.75 Å². The predicted molar refractivity (Wildman–Crippen MR) is 100 cm³/mol. The fourth-order valence-electron chi connectivity index (χ4n) is 3.48. The van der Waals surface area contributed by atoms with Crippen molar-refractivity contribution in [3.63, 3.8) is 0 Å². The number of ether oxygens (including phenoxy) is 2. The van der Waals surface area contributed by atoms with E-state index in [1.54, 1.807) is 0 Å². The van der Waals surface area contributed by atoms with E-state index in [1.165, 1.54) is 16.7 Å². The highest BCUT2D eigenvalue weighted by Crippen LogP contribution is 2.36. The van der Waals surface area contributed by atoms with Crippen LogP contribution >= 0.6 is 0 Å². The van der Waals surface area contributed by atoms with E-state index in [1.807, 2.05) is 18.7 Å². The van der Waals surface area contributed by atoms with Gasteiger partial charge < -0.3 is 19.7 Å². The highest BCUT2D eigenvalue weighted by molar-refractivity contribution is 5.69. The van der Waals surface area contributed by atoms with Crippen LogP contribution in [0.2, 0.25) is 0 Å². The maximum Gasteiger partial charge on any atom is 0.410 e. The molecule has 1 atom stereocenters. The standard InChI is InChI=1S/C20H32N2O3/c1-5-10-21-14-16-12-15-9-11-22(20(23)25-8-4)18(6-2)17(15)13-19(16)24-7-3/h12-13,18,21H,5-11,14H2,1-4H3. The van der Waals surface area contributed by atoms with Crippen molar-refractivity contribution in [1.82, 2.24) is 10.2 Å². The SMILES string of the molecule is CCCNCc1cc2c(cc1OCC)C(CC)N(C(=O)OCC)CC2. The second-order valence-corrected chi connectivity index (χ2v) is 6.33. The van der Waals surface area contributed by atoms with Crippen LogP contribution in [0.25, 0.3) is 0 Å². The van der Waals surface area contributed by atoms with Gasteiger partial charge in [-0.2, -0.15) is 0 Å². The highest BCUT2D eigenvalue weighted by atomic mass is 16.6. The second-order valence-electron chi connectivity index (χ2n) is 6.33. The average molecular weight is 348 g/mol. The van der Waals surface area contributed by atoms with E-state index in [0.717, 1.165) is 38.1 Å². The summed E-state index contributed by atoms with van der Waals surface area (Å²) in [5, 5.41) is 3.46. The minimum Gasteiger partial charge on any atom is -0.494 e. The summed E-state index contributed by atoms with van der Waals surface area (Å²) in [5.74, 6) is 0.925. The van der Waals surface area contributed by atoms with Gasteiger partial charge in [0.05, 0.1) is 19.3 Å². The molecule has 0 bridgehead atoms. The molecule has 0 saturated carbocycles. The van der Waals surface area contributed by atoms with Gasteiger partial charge in [-0.05, 0) is 56.8 Å². The number of hydrogen-bond donors (Lipinski definition) is 1. The van der Waals surface area contributed by atoms with Crippen molar-refractivity contribution in [2.24, 2.45) is 0 Å². The van der Waals surface area contributed by atoms with Crippen molar-refractivity contribution in [3.05, 3.63) is 28.8 Å². The van der Waals surface area contributed by atoms with Crippen molar-refractivity contribution in [1.29, 1.82) is 0 Å². The Labute approximate surface area is 151 Å². The first-order chi connectivity index (χ1) is 12.2. The van der Waals surface area contributed by atoms with Crippen LogP contribution in [0.15, 0.2) is 12.1 Å². The quantitative estimate of drug-likeness (QED) is 0.720. The zero-order valence-electron chi connectivity index (χ0n) is 16.1. The third-order valence-electron chi connectivity index (χ3n) is 4.61. The van der Waals surface area contributed by atoms with E-state index in [4.69, 9.17) is 9.47 Å². The normalized spacial score (nSPS) is 16.5. The summed E-state index contributed by atoms with van der Waals surface area (Å²) in [4.78, 5) is 14.1. The van der Waals surface area contributed by atoms with Crippen LogP contribution in [0.4, 0.5) is 4.79 Å². The molecule has 0 aliphatic carbocycles. The molecule has 0 spiro atoms. The van der Waals surface area contributed by atoms with Crippen LogP contribution in [0.1, 0.15) is 63.3 Å². The smallest absolute Gasteiger partial charge is 0.410 e. The lowest BCUT2D eigenvalue weighted by atomic mass is 9.89. The minimum atomic E-state index is -0.216. The summed E-state index contributed by atoms with van der Waals surface area (Å²) >= 11 is 0. The van der Waals surface area contributed by atoms with Gasteiger partial charge in [0.15, 0.2) is 0 Å². The number of carbonyl (C=O) groups excluding carboxylic acids is 1. The number of nitrogens with zero attached hydrogens (tertiary/aromatic N) is 1. The Bertz CT molecular complexity index is 574. The molecule has 0 aromatic heterocycles. The monoisotopic (exact) mass is 348 g/mol. The first-order valence-electron chi connectivity index (χ1n) is 9.58. The lowest BCUT2D eigenvalue weighted by molar-refractivity contribution is 0.0854. The van der Waals surface area contributed by atoms with Crippen molar-refractivity contribution in [2.75, 3.05) is 26.3 Å². The molecule has 0 radical (unpaired) electrons. The first kappa shape index (κ1) is 19.6. The Morgan fingerprint density at radius 2 is 2.04 bits per heavy atom.